The van der Waals surface area contributed by atoms with Crippen LogP contribution in [0.1, 0.15) is 17.2 Å². The predicted molar refractivity (Wildman–Crippen MR) is 61.8 cm³/mol. The van der Waals surface area contributed by atoms with Gasteiger partial charge < -0.3 is 5.11 Å². The van der Waals surface area contributed by atoms with Gasteiger partial charge in [-0.3, -0.25) is 0 Å². The van der Waals surface area contributed by atoms with E-state index in [0.717, 1.165) is 6.07 Å². The number of hydrogen-bond acceptors (Lipinski definition) is 1. The molecule has 0 saturated heterocycles. The summed E-state index contributed by atoms with van der Waals surface area (Å²) in [4.78, 5) is 0. The molecular formula is C13H7ClF4O. The molecule has 0 radical (unpaired) electrons. The summed E-state index contributed by atoms with van der Waals surface area (Å²) in [5, 5.41) is 9.98. The first-order valence-electron chi connectivity index (χ1n) is 5.17. The zero-order valence-corrected chi connectivity index (χ0v) is 10.1. The van der Waals surface area contributed by atoms with Crippen molar-refractivity contribution < 1.29 is 22.7 Å². The molecule has 100 valence electrons. The quantitative estimate of drug-likeness (QED) is 0.655. The number of aliphatic hydroxyl groups excluding tert-OH is 1. The van der Waals surface area contributed by atoms with Crippen LogP contribution in [0.15, 0.2) is 30.3 Å². The van der Waals surface area contributed by atoms with E-state index in [2.05, 4.69) is 0 Å². The van der Waals surface area contributed by atoms with Gasteiger partial charge >= 0.3 is 0 Å². The van der Waals surface area contributed by atoms with E-state index in [1.807, 2.05) is 0 Å². The van der Waals surface area contributed by atoms with Crippen LogP contribution in [0.3, 0.4) is 0 Å². The van der Waals surface area contributed by atoms with Gasteiger partial charge in [-0.25, -0.2) is 17.6 Å². The Bertz CT molecular complexity index is 607. The van der Waals surface area contributed by atoms with Crippen LogP contribution in [0.25, 0.3) is 0 Å². The summed E-state index contributed by atoms with van der Waals surface area (Å²) in [6.45, 7) is 0. The van der Waals surface area contributed by atoms with Gasteiger partial charge in [-0.2, -0.15) is 0 Å². The molecule has 1 atom stereocenters. The fourth-order valence-electron chi connectivity index (χ4n) is 1.64. The molecule has 1 N–H and O–H groups in total. The number of halogens is 5. The van der Waals surface area contributed by atoms with Gasteiger partial charge in [0, 0.05) is 10.6 Å². The summed E-state index contributed by atoms with van der Waals surface area (Å²) >= 11 is 5.55. The monoisotopic (exact) mass is 290 g/mol. The Balaban J connectivity index is 2.47. The van der Waals surface area contributed by atoms with Crippen LogP contribution >= 0.6 is 11.6 Å². The van der Waals surface area contributed by atoms with Crippen LogP contribution in [0, 0.1) is 23.3 Å². The van der Waals surface area contributed by atoms with Gasteiger partial charge in [0.1, 0.15) is 11.9 Å². The molecule has 0 spiro atoms. The zero-order valence-electron chi connectivity index (χ0n) is 9.30. The Kier molecular flexibility index (Phi) is 3.78. The van der Waals surface area contributed by atoms with E-state index in [4.69, 9.17) is 11.6 Å². The Morgan fingerprint density at radius 2 is 1.47 bits per heavy atom. The average Bonchev–Trinajstić information content (AvgIpc) is 2.34. The maximum absolute atomic E-state index is 13.6. The van der Waals surface area contributed by atoms with Gasteiger partial charge in [0.05, 0.1) is 0 Å². The van der Waals surface area contributed by atoms with Crippen molar-refractivity contribution in [1.29, 1.82) is 0 Å². The second-order valence-corrected chi connectivity index (χ2v) is 4.30. The van der Waals surface area contributed by atoms with Crippen molar-refractivity contribution in [3.05, 3.63) is 69.8 Å². The summed E-state index contributed by atoms with van der Waals surface area (Å²) in [6, 6.07) is 4.67. The largest absolute Gasteiger partial charge is 0.384 e. The summed E-state index contributed by atoms with van der Waals surface area (Å²) in [5.41, 5.74) is -0.507. The van der Waals surface area contributed by atoms with Crippen LogP contribution in [0.2, 0.25) is 5.02 Å². The Hall–Kier alpha value is -1.59. The lowest BCUT2D eigenvalue weighted by Gasteiger charge is -2.13. The number of hydrogen-bond donors (Lipinski definition) is 1. The van der Waals surface area contributed by atoms with E-state index in [1.165, 1.54) is 12.1 Å². The Morgan fingerprint density at radius 3 is 2.00 bits per heavy atom. The minimum absolute atomic E-state index is 0.116. The van der Waals surface area contributed by atoms with Crippen LogP contribution in [0.4, 0.5) is 17.6 Å². The first-order valence-corrected chi connectivity index (χ1v) is 5.55. The molecule has 0 saturated carbocycles. The number of rotatable bonds is 2. The Labute approximate surface area is 111 Å². The smallest absolute Gasteiger partial charge is 0.194 e. The standard InChI is InChI=1S/C13H7ClF4O/c14-7-1-2-8(9(15)5-7)13(19)6-3-10(16)12(18)11(17)4-6/h1-5,13,19H. The van der Waals surface area contributed by atoms with Gasteiger partial charge in [0.25, 0.3) is 0 Å². The van der Waals surface area contributed by atoms with Crippen molar-refractivity contribution in [2.24, 2.45) is 0 Å². The summed E-state index contributed by atoms with van der Waals surface area (Å²) in [5.74, 6) is -5.38. The fraction of sp³-hybridized carbons (Fsp3) is 0.0769. The maximum atomic E-state index is 13.6. The molecule has 0 fully saturated rings. The molecule has 0 aromatic heterocycles. The first kappa shape index (κ1) is 13.8. The third-order valence-electron chi connectivity index (χ3n) is 2.58. The lowest BCUT2D eigenvalue weighted by Crippen LogP contribution is -2.05. The first-order chi connectivity index (χ1) is 8.90. The van der Waals surface area contributed by atoms with Crippen molar-refractivity contribution in [3.8, 4) is 0 Å². The lowest BCUT2D eigenvalue weighted by atomic mass is 10.0. The highest BCUT2D eigenvalue weighted by atomic mass is 35.5. The highest BCUT2D eigenvalue weighted by Crippen LogP contribution is 2.28. The molecule has 2 aromatic carbocycles. The molecule has 1 unspecified atom stereocenters. The fourth-order valence-corrected chi connectivity index (χ4v) is 1.79. The number of aliphatic hydroxyl groups is 1. The molecule has 2 rings (SSSR count). The zero-order chi connectivity index (χ0) is 14.2. The normalized spacial score (nSPS) is 12.5. The summed E-state index contributed by atoms with van der Waals surface area (Å²) < 4.78 is 52.4. The molecule has 1 nitrogen and oxygen atoms in total. The molecule has 0 bridgehead atoms. The second-order valence-electron chi connectivity index (χ2n) is 3.87. The Morgan fingerprint density at radius 1 is 0.895 bits per heavy atom. The van der Waals surface area contributed by atoms with E-state index in [9.17, 15) is 22.7 Å². The van der Waals surface area contributed by atoms with Gasteiger partial charge in [-0.05, 0) is 29.8 Å². The molecule has 0 heterocycles. The van der Waals surface area contributed by atoms with E-state index >= 15 is 0 Å². The van der Waals surface area contributed by atoms with Gasteiger partial charge in [0.15, 0.2) is 17.5 Å². The minimum Gasteiger partial charge on any atom is -0.384 e. The van der Waals surface area contributed by atoms with E-state index in [0.29, 0.717) is 12.1 Å². The summed E-state index contributed by atoms with van der Waals surface area (Å²) in [6.07, 6.45) is -1.62. The number of benzene rings is 2. The van der Waals surface area contributed by atoms with Crippen molar-refractivity contribution in [3.63, 3.8) is 0 Å². The molecule has 2 aromatic rings. The van der Waals surface area contributed by atoms with Gasteiger partial charge in [0.2, 0.25) is 0 Å². The molecule has 0 aliphatic carbocycles. The molecule has 0 aliphatic heterocycles. The lowest BCUT2D eigenvalue weighted by molar-refractivity contribution is 0.213. The van der Waals surface area contributed by atoms with Crippen LogP contribution in [-0.2, 0) is 0 Å². The summed E-state index contributed by atoms with van der Waals surface area (Å²) in [7, 11) is 0. The van der Waals surface area contributed by atoms with Crippen LogP contribution in [0.5, 0.6) is 0 Å². The molecule has 19 heavy (non-hydrogen) atoms. The van der Waals surface area contributed by atoms with Crippen molar-refractivity contribution in [2.75, 3.05) is 0 Å². The van der Waals surface area contributed by atoms with E-state index in [1.54, 1.807) is 0 Å². The van der Waals surface area contributed by atoms with Crippen molar-refractivity contribution >= 4 is 11.6 Å². The molecule has 6 heteroatoms. The maximum Gasteiger partial charge on any atom is 0.194 e. The minimum atomic E-state index is -1.65. The van der Waals surface area contributed by atoms with Crippen LogP contribution < -0.4 is 0 Å². The average molecular weight is 291 g/mol. The topological polar surface area (TPSA) is 20.2 Å². The van der Waals surface area contributed by atoms with E-state index in [-0.39, 0.29) is 16.1 Å². The predicted octanol–water partition coefficient (Wildman–Crippen LogP) is 3.98. The SMILES string of the molecule is OC(c1cc(F)c(F)c(F)c1)c1ccc(Cl)cc1F. The van der Waals surface area contributed by atoms with E-state index < -0.39 is 29.4 Å². The molecule has 0 amide bonds. The highest BCUT2D eigenvalue weighted by molar-refractivity contribution is 6.30. The molecular weight excluding hydrogens is 284 g/mol. The van der Waals surface area contributed by atoms with Crippen molar-refractivity contribution in [2.45, 2.75) is 6.10 Å². The van der Waals surface area contributed by atoms with Crippen molar-refractivity contribution in [1.82, 2.24) is 0 Å². The molecule has 0 aliphatic rings. The highest BCUT2D eigenvalue weighted by Gasteiger charge is 2.19. The van der Waals surface area contributed by atoms with Gasteiger partial charge in [-0.1, -0.05) is 17.7 Å². The third-order valence-corrected chi connectivity index (χ3v) is 2.81. The second kappa shape index (κ2) is 5.19. The third kappa shape index (κ3) is 2.72. The van der Waals surface area contributed by atoms with Gasteiger partial charge in [-0.15, -0.1) is 0 Å². The van der Waals surface area contributed by atoms with Crippen LogP contribution in [-0.4, -0.2) is 5.11 Å².